The number of hydrogen-bond donors (Lipinski definition) is 2. The summed E-state index contributed by atoms with van der Waals surface area (Å²) in [5, 5.41) is 17.7. The molecule has 0 saturated carbocycles. The quantitative estimate of drug-likeness (QED) is 0.819. The Morgan fingerprint density at radius 1 is 1.17 bits per heavy atom. The minimum absolute atomic E-state index is 0.0479. The van der Waals surface area contributed by atoms with Gasteiger partial charge in [0.05, 0.1) is 6.61 Å². The molecular formula is C9H11IO2. The third-order valence-corrected chi connectivity index (χ3v) is 2.39. The van der Waals surface area contributed by atoms with Gasteiger partial charge in [-0.25, -0.2) is 0 Å². The number of aliphatic hydroxyl groups excluding tert-OH is 2. The van der Waals surface area contributed by atoms with Crippen LogP contribution in [0.4, 0.5) is 0 Å². The van der Waals surface area contributed by atoms with Gasteiger partial charge < -0.3 is 10.2 Å². The van der Waals surface area contributed by atoms with Crippen molar-refractivity contribution in [3.8, 4) is 0 Å². The summed E-state index contributed by atoms with van der Waals surface area (Å²) in [6.07, 6.45) is 0.618. The number of hydrogen-bond acceptors (Lipinski definition) is 2. The van der Waals surface area contributed by atoms with E-state index in [-0.39, 0.29) is 13.2 Å². The molecule has 0 saturated heterocycles. The molecule has 0 radical (unpaired) electrons. The SMILES string of the molecule is OCCc1cc(I)ccc1CO. The highest BCUT2D eigenvalue weighted by atomic mass is 127. The zero-order valence-corrected chi connectivity index (χ0v) is 8.78. The zero-order valence-electron chi connectivity index (χ0n) is 6.63. The van der Waals surface area contributed by atoms with E-state index in [4.69, 9.17) is 10.2 Å². The summed E-state index contributed by atoms with van der Waals surface area (Å²) in [5.41, 5.74) is 1.94. The van der Waals surface area contributed by atoms with Crippen LogP contribution in [0.15, 0.2) is 18.2 Å². The Morgan fingerprint density at radius 2 is 1.92 bits per heavy atom. The van der Waals surface area contributed by atoms with Crippen LogP contribution in [0.5, 0.6) is 0 Å². The lowest BCUT2D eigenvalue weighted by Gasteiger charge is -2.05. The summed E-state index contributed by atoms with van der Waals surface area (Å²) in [6.45, 7) is 0.180. The van der Waals surface area contributed by atoms with E-state index in [2.05, 4.69) is 22.6 Å². The second-order valence-corrected chi connectivity index (χ2v) is 3.79. The van der Waals surface area contributed by atoms with Gasteiger partial charge in [-0.2, -0.15) is 0 Å². The van der Waals surface area contributed by atoms with Crippen molar-refractivity contribution < 1.29 is 10.2 Å². The van der Waals surface area contributed by atoms with Gasteiger partial charge in [0.15, 0.2) is 0 Å². The van der Waals surface area contributed by atoms with E-state index >= 15 is 0 Å². The Kier molecular flexibility index (Phi) is 3.97. The molecule has 1 rings (SSSR count). The Labute approximate surface area is 85.4 Å². The van der Waals surface area contributed by atoms with E-state index in [1.807, 2.05) is 18.2 Å². The molecular weight excluding hydrogens is 267 g/mol. The maximum atomic E-state index is 8.95. The third-order valence-electron chi connectivity index (χ3n) is 1.72. The zero-order chi connectivity index (χ0) is 8.97. The van der Waals surface area contributed by atoms with Crippen LogP contribution in [0.3, 0.4) is 0 Å². The van der Waals surface area contributed by atoms with Crippen molar-refractivity contribution in [2.75, 3.05) is 6.61 Å². The lowest BCUT2D eigenvalue weighted by atomic mass is 10.1. The molecule has 0 bridgehead atoms. The van der Waals surface area contributed by atoms with Gasteiger partial charge >= 0.3 is 0 Å². The van der Waals surface area contributed by atoms with Crippen molar-refractivity contribution in [2.45, 2.75) is 13.0 Å². The first-order valence-electron chi connectivity index (χ1n) is 3.77. The average Bonchev–Trinajstić information content (AvgIpc) is 2.05. The van der Waals surface area contributed by atoms with Crippen LogP contribution >= 0.6 is 22.6 Å². The predicted molar refractivity (Wildman–Crippen MR) is 55.9 cm³/mol. The summed E-state index contributed by atoms with van der Waals surface area (Å²) in [7, 11) is 0. The molecule has 0 fully saturated rings. The van der Waals surface area contributed by atoms with E-state index in [1.165, 1.54) is 0 Å². The number of aliphatic hydroxyl groups is 2. The first-order chi connectivity index (χ1) is 5.77. The van der Waals surface area contributed by atoms with E-state index < -0.39 is 0 Å². The molecule has 0 aliphatic heterocycles. The monoisotopic (exact) mass is 278 g/mol. The standard InChI is InChI=1S/C9H11IO2/c10-9-2-1-8(6-12)7(5-9)3-4-11/h1-2,5,11-12H,3-4,6H2. The van der Waals surface area contributed by atoms with Gasteiger partial charge in [0.1, 0.15) is 0 Å². The Bertz CT molecular complexity index is 261. The number of halogens is 1. The van der Waals surface area contributed by atoms with Gasteiger partial charge in [-0.1, -0.05) is 6.07 Å². The normalized spacial score (nSPS) is 10.2. The topological polar surface area (TPSA) is 40.5 Å². The average molecular weight is 278 g/mol. The molecule has 0 aromatic heterocycles. The Balaban J connectivity index is 2.95. The highest BCUT2D eigenvalue weighted by Crippen LogP contribution is 2.14. The second-order valence-electron chi connectivity index (χ2n) is 2.54. The van der Waals surface area contributed by atoms with E-state index in [0.717, 1.165) is 14.7 Å². The Hall–Kier alpha value is -0.130. The lowest BCUT2D eigenvalue weighted by Crippen LogP contribution is -1.97. The Morgan fingerprint density at radius 3 is 2.50 bits per heavy atom. The van der Waals surface area contributed by atoms with Gasteiger partial charge in [-0.15, -0.1) is 0 Å². The molecule has 0 heterocycles. The molecule has 3 heteroatoms. The van der Waals surface area contributed by atoms with Crippen molar-refractivity contribution >= 4 is 22.6 Å². The molecule has 0 unspecified atom stereocenters. The van der Waals surface area contributed by atoms with Crippen LogP contribution in [0, 0.1) is 3.57 Å². The highest BCUT2D eigenvalue weighted by molar-refractivity contribution is 14.1. The van der Waals surface area contributed by atoms with E-state index in [0.29, 0.717) is 6.42 Å². The predicted octanol–water partition coefficient (Wildman–Crippen LogP) is 1.32. The smallest absolute Gasteiger partial charge is 0.0684 e. The molecule has 2 N–H and O–H groups in total. The van der Waals surface area contributed by atoms with Crippen molar-refractivity contribution in [3.63, 3.8) is 0 Å². The fourth-order valence-electron chi connectivity index (χ4n) is 1.10. The molecule has 66 valence electrons. The van der Waals surface area contributed by atoms with Gasteiger partial charge in [0.2, 0.25) is 0 Å². The van der Waals surface area contributed by atoms with E-state index in [1.54, 1.807) is 0 Å². The van der Waals surface area contributed by atoms with Crippen LogP contribution < -0.4 is 0 Å². The van der Waals surface area contributed by atoms with Crippen LogP contribution in [0.25, 0.3) is 0 Å². The molecule has 2 nitrogen and oxygen atoms in total. The minimum atomic E-state index is 0.0479. The van der Waals surface area contributed by atoms with Gasteiger partial charge in [0.25, 0.3) is 0 Å². The van der Waals surface area contributed by atoms with Gasteiger partial charge in [-0.05, 0) is 52.3 Å². The molecule has 0 aliphatic rings. The summed E-state index contributed by atoms with van der Waals surface area (Å²) in [6, 6.07) is 5.84. The largest absolute Gasteiger partial charge is 0.396 e. The molecule has 0 atom stereocenters. The van der Waals surface area contributed by atoms with Gasteiger partial charge in [0, 0.05) is 10.2 Å². The van der Waals surface area contributed by atoms with Crippen molar-refractivity contribution in [2.24, 2.45) is 0 Å². The molecule has 0 aliphatic carbocycles. The van der Waals surface area contributed by atoms with Gasteiger partial charge in [-0.3, -0.25) is 0 Å². The van der Waals surface area contributed by atoms with Crippen LogP contribution in [-0.2, 0) is 13.0 Å². The highest BCUT2D eigenvalue weighted by Gasteiger charge is 2.00. The number of rotatable bonds is 3. The van der Waals surface area contributed by atoms with Crippen molar-refractivity contribution in [1.82, 2.24) is 0 Å². The van der Waals surface area contributed by atoms with Crippen molar-refractivity contribution in [3.05, 3.63) is 32.9 Å². The maximum Gasteiger partial charge on any atom is 0.0684 e. The first kappa shape index (κ1) is 9.95. The van der Waals surface area contributed by atoms with E-state index in [9.17, 15) is 0 Å². The van der Waals surface area contributed by atoms with Crippen LogP contribution in [-0.4, -0.2) is 16.8 Å². The summed E-state index contributed by atoms with van der Waals surface area (Å²) < 4.78 is 1.13. The van der Waals surface area contributed by atoms with Crippen molar-refractivity contribution in [1.29, 1.82) is 0 Å². The molecule has 12 heavy (non-hydrogen) atoms. The fraction of sp³-hybridized carbons (Fsp3) is 0.333. The molecule has 1 aromatic rings. The minimum Gasteiger partial charge on any atom is -0.396 e. The lowest BCUT2D eigenvalue weighted by molar-refractivity contribution is 0.276. The number of benzene rings is 1. The second kappa shape index (κ2) is 4.79. The summed E-state index contributed by atoms with van der Waals surface area (Å²) in [5.74, 6) is 0. The first-order valence-corrected chi connectivity index (χ1v) is 4.85. The third kappa shape index (κ3) is 2.43. The maximum absolute atomic E-state index is 8.95. The van der Waals surface area contributed by atoms with Crippen LogP contribution in [0.2, 0.25) is 0 Å². The summed E-state index contributed by atoms with van der Waals surface area (Å²) >= 11 is 2.21. The molecule has 0 spiro atoms. The molecule has 1 aromatic carbocycles. The molecule has 0 amide bonds. The fourth-order valence-corrected chi connectivity index (χ4v) is 1.66. The van der Waals surface area contributed by atoms with Crippen LogP contribution in [0.1, 0.15) is 11.1 Å². The summed E-state index contributed by atoms with van der Waals surface area (Å²) in [4.78, 5) is 0.